The maximum absolute atomic E-state index is 10.9. The molecule has 1 fully saturated rings. The molecule has 1 unspecified atom stereocenters. The summed E-state index contributed by atoms with van der Waals surface area (Å²) in [7, 11) is 1.95. The van der Waals surface area contributed by atoms with E-state index < -0.39 is 5.60 Å². The molecule has 2 heterocycles. The third-order valence-corrected chi connectivity index (χ3v) is 5.22. The topological polar surface area (TPSA) is 38.0 Å². The van der Waals surface area contributed by atoms with Crippen LogP contribution in [0.4, 0.5) is 0 Å². The second-order valence-electron chi connectivity index (χ2n) is 5.80. The van der Waals surface area contributed by atoms with Crippen LogP contribution in [0.2, 0.25) is 0 Å². The van der Waals surface area contributed by atoms with E-state index in [1.807, 2.05) is 30.4 Å². The van der Waals surface area contributed by atoms with Gasteiger partial charge in [-0.1, -0.05) is 13.8 Å². The van der Waals surface area contributed by atoms with Gasteiger partial charge in [-0.3, -0.25) is 4.68 Å². The van der Waals surface area contributed by atoms with E-state index in [0.29, 0.717) is 6.42 Å². The Hall–Kier alpha value is -0.480. The van der Waals surface area contributed by atoms with Gasteiger partial charge in [0.05, 0.1) is 11.3 Å². The average molecular weight is 254 g/mol. The number of rotatable bonds is 2. The van der Waals surface area contributed by atoms with Crippen LogP contribution in [-0.2, 0) is 13.5 Å². The smallest absolute Gasteiger partial charge is 0.0843 e. The van der Waals surface area contributed by atoms with Crippen LogP contribution >= 0.6 is 11.8 Å². The average Bonchev–Trinajstić information content (AvgIpc) is 2.50. The lowest BCUT2D eigenvalue weighted by Gasteiger charge is -2.46. The normalized spacial score (nSPS) is 28.3. The molecule has 1 N–H and O–H groups in total. The number of hydrogen-bond acceptors (Lipinski definition) is 3. The summed E-state index contributed by atoms with van der Waals surface area (Å²) in [6.45, 7) is 6.35. The lowest BCUT2D eigenvalue weighted by molar-refractivity contribution is -0.0525. The predicted octanol–water partition coefficient (Wildman–Crippen LogP) is 2.17. The van der Waals surface area contributed by atoms with Gasteiger partial charge >= 0.3 is 0 Å². The molecule has 2 rings (SSSR count). The first-order valence-electron chi connectivity index (χ1n) is 6.14. The van der Waals surface area contributed by atoms with Crippen LogP contribution < -0.4 is 0 Å². The first-order chi connectivity index (χ1) is 7.84. The van der Waals surface area contributed by atoms with Crippen molar-refractivity contribution in [1.29, 1.82) is 0 Å². The Morgan fingerprint density at radius 2 is 2.24 bits per heavy atom. The number of aliphatic hydroxyl groups is 1. The molecule has 0 radical (unpaired) electrons. The Balaban J connectivity index is 2.24. The standard InChI is InChI=1S/C13H22N2OS/c1-10-7-11(15(4)14-10)8-13(16)9-17-6-5-12(13,2)3/h7,16H,5-6,8-9H2,1-4H3. The molecule has 1 aliphatic rings. The van der Waals surface area contributed by atoms with E-state index in [2.05, 4.69) is 25.0 Å². The Morgan fingerprint density at radius 1 is 1.53 bits per heavy atom. The molecule has 3 nitrogen and oxygen atoms in total. The second kappa shape index (κ2) is 4.32. The number of aryl methyl sites for hydroxylation is 2. The van der Waals surface area contributed by atoms with Crippen molar-refractivity contribution < 1.29 is 5.11 Å². The number of thioether (sulfide) groups is 1. The van der Waals surface area contributed by atoms with Crippen molar-refractivity contribution in [2.45, 2.75) is 39.2 Å². The third-order valence-electron chi connectivity index (χ3n) is 4.04. The molecule has 1 aromatic heterocycles. The highest BCUT2D eigenvalue weighted by molar-refractivity contribution is 7.99. The molecule has 1 atom stereocenters. The van der Waals surface area contributed by atoms with Crippen molar-refractivity contribution in [2.75, 3.05) is 11.5 Å². The highest BCUT2D eigenvalue weighted by atomic mass is 32.2. The lowest BCUT2D eigenvalue weighted by Crippen LogP contribution is -2.51. The minimum atomic E-state index is -0.615. The SMILES string of the molecule is Cc1cc(CC2(O)CSCCC2(C)C)n(C)n1. The Kier molecular flexibility index (Phi) is 3.29. The monoisotopic (exact) mass is 254 g/mol. The second-order valence-corrected chi connectivity index (χ2v) is 6.90. The molecular formula is C13H22N2OS. The zero-order valence-electron chi connectivity index (χ0n) is 11.2. The van der Waals surface area contributed by atoms with Crippen LogP contribution in [0, 0.1) is 12.3 Å². The zero-order chi connectivity index (χ0) is 12.7. The summed E-state index contributed by atoms with van der Waals surface area (Å²) in [5.74, 6) is 1.98. The first-order valence-corrected chi connectivity index (χ1v) is 7.29. The summed E-state index contributed by atoms with van der Waals surface area (Å²) < 4.78 is 1.89. The van der Waals surface area contributed by atoms with Gasteiger partial charge in [-0.05, 0) is 30.6 Å². The largest absolute Gasteiger partial charge is 0.388 e. The van der Waals surface area contributed by atoms with Crippen LogP contribution in [-0.4, -0.2) is 32.0 Å². The molecule has 0 spiro atoms. The molecule has 17 heavy (non-hydrogen) atoms. The van der Waals surface area contributed by atoms with Crippen molar-refractivity contribution in [1.82, 2.24) is 9.78 Å². The minimum Gasteiger partial charge on any atom is -0.388 e. The van der Waals surface area contributed by atoms with Crippen LogP contribution in [0.15, 0.2) is 6.07 Å². The number of hydrogen-bond donors (Lipinski definition) is 1. The fraction of sp³-hybridized carbons (Fsp3) is 0.769. The summed E-state index contributed by atoms with van der Waals surface area (Å²) in [5, 5.41) is 15.3. The summed E-state index contributed by atoms with van der Waals surface area (Å²) in [6, 6.07) is 2.08. The summed E-state index contributed by atoms with van der Waals surface area (Å²) >= 11 is 1.86. The van der Waals surface area contributed by atoms with Crippen molar-refractivity contribution in [3.8, 4) is 0 Å². The van der Waals surface area contributed by atoms with E-state index in [-0.39, 0.29) is 5.41 Å². The van der Waals surface area contributed by atoms with Crippen LogP contribution in [0.3, 0.4) is 0 Å². The van der Waals surface area contributed by atoms with Crippen LogP contribution in [0.25, 0.3) is 0 Å². The fourth-order valence-corrected chi connectivity index (χ4v) is 4.05. The molecular weight excluding hydrogens is 232 g/mol. The van der Waals surface area contributed by atoms with E-state index >= 15 is 0 Å². The Bertz CT molecular complexity index is 414. The van der Waals surface area contributed by atoms with E-state index in [0.717, 1.165) is 29.3 Å². The number of aromatic nitrogens is 2. The van der Waals surface area contributed by atoms with Crippen molar-refractivity contribution in [3.05, 3.63) is 17.5 Å². The maximum atomic E-state index is 10.9. The molecule has 1 aliphatic heterocycles. The minimum absolute atomic E-state index is 0.0174. The van der Waals surface area contributed by atoms with E-state index in [4.69, 9.17) is 0 Å². The van der Waals surface area contributed by atoms with E-state index in [1.54, 1.807) is 0 Å². The Morgan fingerprint density at radius 3 is 2.76 bits per heavy atom. The van der Waals surface area contributed by atoms with Crippen LogP contribution in [0.1, 0.15) is 31.7 Å². The van der Waals surface area contributed by atoms with Gasteiger partial charge < -0.3 is 5.11 Å². The predicted molar refractivity (Wildman–Crippen MR) is 72.3 cm³/mol. The van der Waals surface area contributed by atoms with Crippen molar-refractivity contribution >= 4 is 11.8 Å². The van der Waals surface area contributed by atoms with Gasteiger partial charge in [0, 0.05) is 24.9 Å². The molecule has 96 valence electrons. The van der Waals surface area contributed by atoms with Gasteiger partial charge in [0.25, 0.3) is 0 Å². The van der Waals surface area contributed by atoms with Gasteiger partial charge in [0.2, 0.25) is 0 Å². The molecule has 0 amide bonds. The molecule has 0 bridgehead atoms. The van der Waals surface area contributed by atoms with E-state index in [1.165, 1.54) is 0 Å². The summed E-state index contributed by atoms with van der Waals surface area (Å²) in [4.78, 5) is 0. The maximum Gasteiger partial charge on any atom is 0.0843 e. The Labute approximate surface area is 108 Å². The van der Waals surface area contributed by atoms with E-state index in [9.17, 15) is 5.11 Å². The molecule has 1 aromatic rings. The molecule has 0 aliphatic carbocycles. The van der Waals surface area contributed by atoms with Gasteiger partial charge in [-0.2, -0.15) is 16.9 Å². The molecule has 1 saturated heterocycles. The lowest BCUT2D eigenvalue weighted by atomic mass is 9.71. The van der Waals surface area contributed by atoms with Gasteiger partial charge in [0.1, 0.15) is 0 Å². The molecule has 4 heteroatoms. The van der Waals surface area contributed by atoms with Gasteiger partial charge in [-0.15, -0.1) is 0 Å². The fourth-order valence-electron chi connectivity index (χ4n) is 2.42. The van der Waals surface area contributed by atoms with Crippen LogP contribution in [0.5, 0.6) is 0 Å². The highest BCUT2D eigenvalue weighted by Crippen LogP contribution is 2.44. The summed E-state index contributed by atoms with van der Waals surface area (Å²) in [6.07, 6.45) is 1.77. The van der Waals surface area contributed by atoms with Crippen molar-refractivity contribution in [3.63, 3.8) is 0 Å². The number of nitrogens with zero attached hydrogens (tertiary/aromatic N) is 2. The highest BCUT2D eigenvalue weighted by Gasteiger charge is 2.45. The first kappa shape index (κ1) is 13.0. The van der Waals surface area contributed by atoms with Gasteiger partial charge in [0.15, 0.2) is 0 Å². The third kappa shape index (κ3) is 2.38. The van der Waals surface area contributed by atoms with Gasteiger partial charge in [-0.25, -0.2) is 0 Å². The molecule has 0 aromatic carbocycles. The quantitative estimate of drug-likeness (QED) is 0.879. The zero-order valence-corrected chi connectivity index (χ0v) is 12.0. The van der Waals surface area contributed by atoms with Crippen molar-refractivity contribution in [2.24, 2.45) is 12.5 Å². The molecule has 0 saturated carbocycles. The summed E-state index contributed by atoms with van der Waals surface area (Å²) in [5.41, 5.74) is 1.51.